The second-order valence-electron chi connectivity index (χ2n) is 5.66. The summed E-state index contributed by atoms with van der Waals surface area (Å²) in [5.74, 6) is 0. The van der Waals surface area contributed by atoms with Gasteiger partial charge in [-0.2, -0.15) is 13.2 Å². The van der Waals surface area contributed by atoms with Crippen LogP contribution < -0.4 is 5.32 Å². The quantitative estimate of drug-likeness (QED) is 0.523. The lowest BCUT2D eigenvalue weighted by atomic mass is 9.99. The summed E-state index contributed by atoms with van der Waals surface area (Å²) in [5, 5.41) is 3.93. The predicted octanol–water partition coefficient (Wildman–Crippen LogP) is 5.44. The molecule has 0 radical (unpaired) electrons. The first-order valence-corrected chi connectivity index (χ1v) is 8.26. The SMILES string of the molecule is CNc1nc2c(s1)Cc1ccc(-c3ccc(C(F)(F)F)cc3)cc1-2. The zero-order valence-corrected chi connectivity index (χ0v) is 13.6. The number of fused-ring (bicyclic) bond motifs is 3. The van der Waals surface area contributed by atoms with Crippen LogP contribution in [0.2, 0.25) is 0 Å². The van der Waals surface area contributed by atoms with Gasteiger partial charge in [-0.3, -0.25) is 0 Å². The maximum Gasteiger partial charge on any atom is 0.416 e. The minimum atomic E-state index is -4.31. The second kappa shape index (κ2) is 5.34. The first kappa shape index (κ1) is 15.2. The average Bonchev–Trinajstić information content (AvgIpc) is 3.11. The summed E-state index contributed by atoms with van der Waals surface area (Å²) < 4.78 is 38.1. The first-order chi connectivity index (χ1) is 11.5. The molecule has 1 aliphatic rings. The van der Waals surface area contributed by atoms with Crippen LogP contribution in [0.4, 0.5) is 18.3 Å². The van der Waals surface area contributed by atoms with Crippen molar-refractivity contribution in [1.29, 1.82) is 0 Å². The third-order valence-corrected chi connectivity index (χ3v) is 5.25. The van der Waals surface area contributed by atoms with Crippen molar-refractivity contribution >= 4 is 16.5 Å². The molecule has 2 nitrogen and oxygen atoms in total. The van der Waals surface area contributed by atoms with E-state index in [0.29, 0.717) is 0 Å². The number of benzene rings is 2. The van der Waals surface area contributed by atoms with Crippen LogP contribution in [0.15, 0.2) is 42.5 Å². The molecular formula is C18H13F3N2S. The molecule has 4 rings (SSSR count). The molecule has 0 spiro atoms. The van der Waals surface area contributed by atoms with Gasteiger partial charge in [0, 0.05) is 23.9 Å². The van der Waals surface area contributed by atoms with Crippen molar-refractivity contribution in [2.75, 3.05) is 12.4 Å². The molecule has 3 aromatic rings. The van der Waals surface area contributed by atoms with Crippen LogP contribution in [0.5, 0.6) is 0 Å². The van der Waals surface area contributed by atoms with Crippen molar-refractivity contribution in [3.8, 4) is 22.4 Å². The molecule has 0 amide bonds. The van der Waals surface area contributed by atoms with Crippen LogP contribution in [-0.2, 0) is 12.6 Å². The van der Waals surface area contributed by atoms with Crippen LogP contribution in [0.25, 0.3) is 22.4 Å². The molecule has 1 aliphatic carbocycles. The van der Waals surface area contributed by atoms with E-state index in [9.17, 15) is 13.2 Å². The molecule has 122 valence electrons. The van der Waals surface area contributed by atoms with E-state index >= 15 is 0 Å². The summed E-state index contributed by atoms with van der Waals surface area (Å²) in [7, 11) is 1.84. The van der Waals surface area contributed by atoms with Crippen LogP contribution in [-0.4, -0.2) is 12.0 Å². The molecule has 0 aliphatic heterocycles. The Morgan fingerprint density at radius 2 is 1.75 bits per heavy atom. The fourth-order valence-electron chi connectivity index (χ4n) is 2.94. The molecule has 0 unspecified atom stereocenters. The molecule has 0 saturated heterocycles. The fraction of sp³-hybridized carbons (Fsp3) is 0.167. The minimum absolute atomic E-state index is 0.632. The van der Waals surface area contributed by atoms with Gasteiger partial charge in [-0.25, -0.2) is 4.98 Å². The summed E-state index contributed by atoms with van der Waals surface area (Å²) >= 11 is 1.64. The highest BCUT2D eigenvalue weighted by Gasteiger charge is 2.30. The number of anilines is 1. The maximum absolute atomic E-state index is 12.7. The molecule has 0 fully saturated rings. The van der Waals surface area contributed by atoms with E-state index in [0.717, 1.165) is 46.1 Å². The number of aromatic nitrogens is 1. The topological polar surface area (TPSA) is 24.9 Å². The lowest BCUT2D eigenvalue weighted by molar-refractivity contribution is -0.137. The molecule has 0 saturated carbocycles. The Bertz CT molecular complexity index is 911. The summed E-state index contributed by atoms with van der Waals surface area (Å²) in [6.07, 6.45) is -3.45. The molecule has 1 aromatic heterocycles. The molecule has 0 bridgehead atoms. The Hall–Kier alpha value is -2.34. The van der Waals surface area contributed by atoms with E-state index in [4.69, 9.17) is 0 Å². The highest BCUT2D eigenvalue weighted by atomic mass is 32.1. The molecular weight excluding hydrogens is 333 g/mol. The lowest BCUT2D eigenvalue weighted by Gasteiger charge is -2.09. The van der Waals surface area contributed by atoms with Crippen LogP contribution in [0.3, 0.4) is 0 Å². The van der Waals surface area contributed by atoms with Crippen molar-refractivity contribution in [2.45, 2.75) is 12.6 Å². The molecule has 2 aromatic carbocycles. The predicted molar refractivity (Wildman–Crippen MR) is 90.3 cm³/mol. The van der Waals surface area contributed by atoms with Crippen molar-refractivity contribution < 1.29 is 13.2 Å². The number of nitrogens with zero attached hydrogens (tertiary/aromatic N) is 1. The van der Waals surface area contributed by atoms with Gasteiger partial charge >= 0.3 is 6.18 Å². The van der Waals surface area contributed by atoms with E-state index in [-0.39, 0.29) is 0 Å². The fourth-order valence-corrected chi connectivity index (χ4v) is 3.90. The van der Waals surface area contributed by atoms with Gasteiger partial charge in [0.1, 0.15) is 0 Å². The third kappa shape index (κ3) is 2.47. The second-order valence-corrected chi connectivity index (χ2v) is 6.75. The Morgan fingerprint density at radius 3 is 2.42 bits per heavy atom. The van der Waals surface area contributed by atoms with E-state index in [2.05, 4.69) is 10.3 Å². The van der Waals surface area contributed by atoms with Crippen molar-refractivity contribution in [2.24, 2.45) is 0 Å². The van der Waals surface area contributed by atoms with E-state index in [1.165, 1.54) is 22.6 Å². The standard InChI is InChI=1S/C18H13F3N2S/c1-22-17-23-16-14-8-11(2-3-12(14)9-15(16)24-17)10-4-6-13(7-5-10)18(19,20)21/h2-8H,9H2,1H3,(H,22,23). The van der Waals surface area contributed by atoms with Gasteiger partial charge in [0.25, 0.3) is 0 Å². The van der Waals surface area contributed by atoms with Crippen molar-refractivity contribution in [1.82, 2.24) is 4.98 Å². The van der Waals surface area contributed by atoms with E-state index in [1.807, 2.05) is 25.2 Å². The zero-order chi connectivity index (χ0) is 16.9. The van der Waals surface area contributed by atoms with Gasteiger partial charge in [-0.15, -0.1) is 11.3 Å². The van der Waals surface area contributed by atoms with Crippen molar-refractivity contribution in [3.63, 3.8) is 0 Å². The van der Waals surface area contributed by atoms with Gasteiger partial charge < -0.3 is 5.32 Å². The molecule has 1 N–H and O–H groups in total. The van der Waals surface area contributed by atoms with Gasteiger partial charge in [0.2, 0.25) is 0 Å². The lowest BCUT2D eigenvalue weighted by Crippen LogP contribution is -2.03. The van der Waals surface area contributed by atoms with Crippen LogP contribution >= 0.6 is 11.3 Å². The smallest absolute Gasteiger partial charge is 0.365 e. The van der Waals surface area contributed by atoms with Crippen molar-refractivity contribution in [3.05, 3.63) is 58.5 Å². The Morgan fingerprint density at radius 1 is 1.04 bits per heavy atom. The number of hydrogen-bond donors (Lipinski definition) is 1. The normalized spacial score (nSPS) is 12.8. The summed E-state index contributed by atoms with van der Waals surface area (Å²) in [6.45, 7) is 0. The third-order valence-electron chi connectivity index (χ3n) is 4.17. The van der Waals surface area contributed by atoms with Gasteiger partial charge in [0.05, 0.1) is 11.3 Å². The molecule has 24 heavy (non-hydrogen) atoms. The molecule has 6 heteroatoms. The van der Waals surface area contributed by atoms with Crippen LogP contribution in [0, 0.1) is 0 Å². The monoisotopic (exact) mass is 346 g/mol. The number of alkyl halides is 3. The summed E-state index contributed by atoms with van der Waals surface area (Å²) in [5.41, 5.74) is 4.29. The first-order valence-electron chi connectivity index (χ1n) is 7.44. The highest BCUT2D eigenvalue weighted by molar-refractivity contribution is 7.16. The van der Waals surface area contributed by atoms with E-state index in [1.54, 1.807) is 11.3 Å². The molecule has 0 atom stereocenters. The Balaban J connectivity index is 1.73. The van der Waals surface area contributed by atoms with E-state index < -0.39 is 11.7 Å². The number of thiazole rings is 1. The Labute approximate surface area is 141 Å². The number of halogens is 3. The Kier molecular flexibility index (Phi) is 3.38. The van der Waals surface area contributed by atoms with Gasteiger partial charge in [-0.05, 0) is 34.9 Å². The number of nitrogens with one attached hydrogen (secondary N) is 1. The molecule has 1 heterocycles. The van der Waals surface area contributed by atoms with Gasteiger partial charge in [-0.1, -0.05) is 24.3 Å². The largest absolute Gasteiger partial charge is 0.416 e. The number of hydrogen-bond acceptors (Lipinski definition) is 3. The van der Waals surface area contributed by atoms with Gasteiger partial charge in [0.15, 0.2) is 5.13 Å². The summed E-state index contributed by atoms with van der Waals surface area (Å²) in [6, 6.07) is 11.3. The number of rotatable bonds is 2. The maximum atomic E-state index is 12.7. The summed E-state index contributed by atoms with van der Waals surface area (Å²) in [4.78, 5) is 5.81. The zero-order valence-electron chi connectivity index (χ0n) is 12.7. The average molecular weight is 346 g/mol. The minimum Gasteiger partial charge on any atom is -0.365 e. The highest BCUT2D eigenvalue weighted by Crippen LogP contribution is 2.42. The van der Waals surface area contributed by atoms with Crippen LogP contribution in [0.1, 0.15) is 16.0 Å².